The van der Waals surface area contributed by atoms with Gasteiger partial charge in [0.15, 0.2) is 9.84 Å². The fourth-order valence-electron chi connectivity index (χ4n) is 3.08. The molecule has 1 aromatic carbocycles. The number of rotatable bonds is 5. The van der Waals surface area contributed by atoms with Crippen LogP contribution in [0, 0.1) is 5.92 Å². The van der Waals surface area contributed by atoms with E-state index in [0.29, 0.717) is 5.92 Å². The number of sulfone groups is 1. The zero-order valence-corrected chi connectivity index (χ0v) is 15.7. The average Bonchev–Trinajstić information content (AvgIpc) is 2.55. The van der Waals surface area contributed by atoms with Gasteiger partial charge in [-0.3, -0.25) is 4.79 Å². The van der Waals surface area contributed by atoms with Crippen LogP contribution in [0.2, 0.25) is 0 Å². The van der Waals surface area contributed by atoms with Crippen LogP contribution in [0.15, 0.2) is 24.3 Å². The molecule has 0 bridgehead atoms. The van der Waals surface area contributed by atoms with Crippen molar-refractivity contribution in [3.05, 3.63) is 35.4 Å². The van der Waals surface area contributed by atoms with Crippen LogP contribution in [0.3, 0.4) is 0 Å². The van der Waals surface area contributed by atoms with Crippen LogP contribution in [0.4, 0.5) is 13.2 Å². The van der Waals surface area contributed by atoms with Crippen molar-refractivity contribution in [2.75, 3.05) is 0 Å². The predicted octanol–water partition coefficient (Wildman–Crippen LogP) is 3.70. The third kappa shape index (κ3) is 5.46. The standard InChI is InChI=1S/C18H24F3NO3S/c1-12-6-8-16(9-7-12)22-17(23)13(2)26(24,25)11-14-4-3-5-15(10-14)18(19,20)21/h3-5,10,12-13,16H,6-9,11H2,1-2H3,(H,22,23). The van der Waals surface area contributed by atoms with Crippen molar-refractivity contribution in [3.63, 3.8) is 0 Å². The van der Waals surface area contributed by atoms with E-state index < -0.39 is 38.5 Å². The number of halogens is 3. The maximum absolute atomic E-state index is 12.8. The Hall–Kier alpha value is -1.57. The van der Waals surface area contributed by atoms with Crippen molar-refractivity contribution in [2.24, 2.45) is 5.92 Å². The molecule has 1 atom stereocenters. The van der Waals surface area contributed by atoms with E-state index in [2.05, 4.69) is 12.2 Å². The molecule has 1 aliphatic rings. The van der Waals surface area contributed by atoms with Crippen molar-refractivity contribution in [2.45, 2.75) is 62.8 Å². The summed E-state index contributed by atoms with van der Waals surface area (Å²) in [6.45, 7) is 3.42. The minimum absolute atomic E-state index is 0.0194. The zero-order valence-electron chi connectivity index (χ0n) is 14.8. The number of carbonyl (C=O) groups excluding carboxylic acids is 1. The van der Waals surface area contributed by atoms with Gasteiger partial charge in [0, 0.05) is 6.04 Å². The number of nitrogens with one attached hydrogen (secondary N) is 1. The molecule has 1 N–H and O–H groups in total. The second kappa shape index (κ2) is 7.98. The first-order valence-electron chi connectivity index (χ1n) is 8.67. The summed E-state index contributed by atoms with van der Waals surface area (Å²) in [5.41, 5.74) is -0.885. The van der Waals surface area contributed by atoms with Gasteiger partial charge in [-0.1, -0.05) is 25.1 Å². The van der Waals surface area contributed by atoms with Crippen LogP contribution in [0.1, 0.15) is 50.7 Å². The van der Waals surface area contributed by atoms with E-state index in [9.17, 15) is 26.4 Å². The second-order valence-corrected chi connectivity index (χ2v) is 9.43. The van der Waals surface area contributed by atoms with Crippen molar-refractivity contribution >= 4 is 15.7 Å². The van der Waals surface area contributed by atoms with Crippen LogP contribution < -0.4 is 5.32 Å². The number of alkyl halides is 3. The van der Waals surface area contributed by atoms with Gasteiger partial charge in [0.05, 0.1) is 11.3 Å². The Bertz CT molecular complexity index is 738. The molecule has 1 fully saturated rings. The monoisotopic (exact) mass is 391 g/mol. The van der Waals surface area contributed by atoms with Crippen molar-refractivity contribution in [3.8, 4) is 0 Å². The van der Waals surface area contributed by atoms with Gasteiger partial charge in [0.1, 0.15) is 5.25 Å². The number of benzene rings is 1. The lowest BCUT2D eigenvalue weighted by Gasteiger charge is -2.27. The third-order valence-corrected chi connectivity index (χ3v) is 6.92. The highest BCUT2D eigenvalue weighted by molar-refractivity contribution is 7.92. The van der Waals surface area contributed by atoms with Gasteiger partial charge in [-0.15, -0.1) is 0 Å². The van der Waals surface area contributed by atoms with Gasteiger partial charge in [0.2, 0.25) is 5.91 Å². The molecule has 0 radical (unpaired) electrons. The highest BCUT2D eigenvalue weighted by atomic mass is 32.2. The van der Waals surface area contributed by atoms with Gasteiger partial charge in [-0.25, -0.2) is 8.42 Å². The van der Waals surface area contributed by atoms with E-state index in [1.807, 2.05) is 0 Å². The number of amides is 1. The summed E-state index contributed by atoms with van der Waals surface area (Å²) in [4.78, 5) is 12.3. The van der Waals surface area contributed by atoms with E-state index >= 15 is 0 Å². The Morgan fingerprint density at radius 2 is 1.85 bits per heavy atom. The van der Waals surface area contributed by atoms with Crippen LogP contribution in [0.5, 0.6) is 0 Å². The largest absolute Gasteiger partial charge is 0.416 e. The summed E-state index contributed by atoms with van der Waals surface area (Å²) >= 11 is 0. The van der Waals surface area contributed by atoms with Gasteiger partial charge >= 0.3 is 6.18 Å². The Labute approximate surface area is 152 Å². The normalized spacial score (nSPS) is 22.7. The molecule has 0 heterocycles. The van der Waals surface area contributed by atoms with Crippen molar-refractivity contribution in [1.29, 1.82) is 0 Å². The molecule has 1 aromatic rings. The summed E-state index contributed by atoms with van der Waals surface area (Å²) in [5.74, 6) is -0.588. The van der Waals surface area contributed by atoms with E-state index in [1.54, 1.807) is 0 Å². The van der Waals surface area contributed by atoms with Gasteiger partial charge in [-0.2, -0.15) is 13.2 Å². The number of hydrogen-bond acceptors (Lipinski definition) is 3. The molecule has 2 rings (SSSR count). The highest BCUT2D eigenvalue weighted by Crippen LogP contribution is 2.30. The Morgan fingerprint density at radius 1 is 1.23 bits per heavy atom. The molecule has 4 nitrogen and oxygen atoms in total. The van der Waals surface area contributed by atoms with Crippen LogP contribution in [0.25, 0.3) is 0 Å². The Balaban J connectivity index is 2.03. The lowest BCUT2D eigenvalue weighted by molar-refractivity contribution is -0.137. The maximum Gasteiger partial charge on any atom is 0.416 e. The SMILES string of the molecule is CC1CCC(NC(=O)C(C)S(=O)(=O)Cc2cccc(C(F)(F)F)c2)CC1. The molecule has 1 aliphatic carbocycles. The van der Waals surface area contributed by atoms with Gasteiger partial charge in [0.25, 0.3) is 0 Å². The minimum Gasteiger partial charge on any atom is -0.352 e. The molecule has 0 aromatic heterocycles. The number of hydrogen-bond donors (Lipinski definition) is 1. The fraction of sp³-hybridized carbons (Fsp3) is 0.611. The predicted molar refractivity (Wildman–Crippen MR) is 93.1 cm³/mol. The molecule has 26 heavy (non-hydrogen) atoms. The molecule has 0 saturated heterocycles. The molecule has 1 saturated carbocycles. The van der Waals surface area contributed by atoms with Crippen molar-refractivity contribution in [1.82, 2.24) is 5.32 Å². The van der Waals surface area contributed by atoms with E-state index in [-0.39, 0.29) is 11.6 Å². The first-order valence-corrected chi connectivity index (χ1v) is 10.4. The quantitative estimate of drug-likeness (QED) is 0.832. The smallest absolute Gasteiger partial charge is 0.352 e. The van der Waals surface area contributed by atoms with E-state index in [0.717, 1.165) is 37.8 Å². The lowest BCUT2D eigenvalue weighted by atomic mass is 9.87. The molecule has 146 valence electrons. The fourth-order valence-corrected chi connectivity index (χ4v) is 4.37. The maximum atomic E-state index is 12.8. The second-order valence-electron chi connectivity index (χ2n) is 7.11. The molecule has 0 aliphatic heterocycles. The van der Waals surface area contributed by atoms with Crippen LogP contribution >= 0.6 is 0 Å². The van der Waals surface area contributed by atoms with E-state index in [4.69, 9.17) is 0 Å². The molecular formula is C18H24F3NO3S. The first-order chi connectivity index (χ1) is 12.0. The minimum atomic E-state index is -4.54. The summed E-state index contributed by atoms with van der Waals surface area (Å²) in [6, 6.07) is 4.15. The van der Waals surface area contributed by atoms with Crippen LogP contribution in [-0.2, 0) is 26.6 Å². The summed E-state index contributed by atoms with van der Waals surface area (Å²) < 4.78 is 63.2. The van der Waals surface area contributed by atoms with Gasteiger partial charge < -0.3 is 5.32 Å². The third-order valence-electron chi connectivity index (χ3n) is 4.89. The van der Waals surface area contributed by atoms with E-state index in [1.165, 1.54) is 19.1 Å². The molecule has 1 unspecified atom stereocenters. The van der Waals surface area contributed by atoms with Gasteiger partial charge in [-0.05, 0) is 50.2 Å². The first kappa shape index (κ1) is 20.7. The lowest BCUT2D eigenvalue weighted by Crippen LogP contribution is -2.44. The van der Waals surface area contributed by atoms with Crippen LogP contribution in [-0.4, -0.2) is 25.6 Å². The highest BCUT2D eigenvalue weighted by Gasteiger charge is 2.33. The Kier molecular flexibility index (Phi) is 6.37. The summed E-state index contributed by atoms with van der Waals surface area (Å²) in [6.07, 6.45) is -0.950. The van der Waals surface area contributed by atoms with Crippen molar-refractivity contribution < 1.29 is 26.4 Å². The topological polar surface area (TPSA) is 63.2 Å². The summed E-state index contributed by atoms with van der Waals surface area (Å²) in [7, 11) is -3.92. The zero-order chi connectivity index (χ0) is 19.5. The average molecular weight is 391 g/mol. The molecule has 1 amide bonds. The summed E-state index contributed by atoms with van der Waals surface area (Å²) in [5, 5.41) is 1.46. The Morgan fingerprint density at radius 3 is 2.42 bits per heavy atom. The molecule has 8 heteroatoms. The number of carbonyl (C=O) groups is 1. The molecule has 0 spiro atoms. The molecular weight excluding hydrogens is 367 g/mol.